The first-order valence-electron chi connectivity index (χ1n) is 11.1. The van der Waals surface area contributed by atoms with E-state index in [1.165, 1.54) is 15.8 Å². The molecule has 1 unspecified atom stereocenters. The summed E-state index contributed by atoms with van der Waals surface area (Å²) in [5.74, 6) is 0.818. The minimum Gasteiger partial charge on any atom is -0.469 e. The molecule has 1 fully saturated rings. The molecule has 3 heterocycles. The number of hydrogen-bond acceptors (Lipinski definition) is 8. The van der Waals surface area contributed by atoms with Gasteiger partial charge in [0.15, 0.2) is 5.82 Å². The van der Waals surface area contributed by atoms with Gasteiger partial charge in [-0.3, -0.25) is 4.79 Å². The van der Waals surface area contributed by atoms with Gasteiger partial charge in [-0.2, -0.15) is 9.67 Å². The summed E-state index contributed by atoms with van der Waals surface area (Å²) in [4.78, 5) is 34.0. The molecular formula is C23H30N8O3. The third kappa shape index (κ3) is 4.80. The molecule has 0 radical (unpaired) electrons. The van der Waals surface area contributed by atoms with Crippen LogP contribution in [0.3, 0.4) is 0 Å². The van der Waals surface area contributed by atoms with E-state index in [4.69, 9.17) is 10.2 Å². The number of amides is 2. The van der Waals surface area contributed by atoms with Crippen molar-refractivity contribution in [3.05, 3.63) is 64.9 Å². The number of furan rings is 1. The van der Waals surface area contributed by atoms with E-state index in [2.05, 4.69) is 20.7 Å². The van der Waals surface area contributed by atoms with Gasteiger partial charge in [0, 0.05) is 46.8 Å². The Labute approximate surface area is 197 Å². The van der Waals surface area contributed by atoms with Crippen LogP contribution in [-0.2, 0) is 13.1 Å². The Morgan fingerprint density at radius 2 is 1.97 bits per heavy atom. The molecule has 34 heavy (non-hydrogen) atoms. The molecule has 1 saturated heterocycles. The summed E-state index contributed by atoms with van der Waals surface area (Å²) in [7, 11) is 3.42. The lowest BCUT2D eigenvalue weighted by Gasteiger charge is -2.36. The molecule has 2 amide bonds. The summed E-state index contributed by atoms with van der Waals surface area (Å²) in [5.41, 5.74) is 8.12. The quantitative estimate of drug-likeness (QED) is 0.498. The maximum Gasteiger partial charge on any atom is 0.320 e. The van der Waals surface area contributed by atoms with Crippen LogP contribution in [0.15, 0.2) is 41.0 Å². The fraction of sp³-hybridized carbons (Fsp3) is 0.391. The molecule has 0 bridgehead atoms. The molecule has 1 aliphatic heterocycles. The van der Waals surface area contributed by atoms with Gasteiger partial charge in [0.25, 0.3) is 5.91 Å². The Morgan fingerprint density at radius 3 is 2.62 bits per heavy atom. The van der Waals surface area contributed by atoms with Crippen molar-refractivity contribution in [3.63, 3.8) is 0 Å². The predicted octanol–water partition coefficient (Wildman–Crippen LogP) is 1.57. The second-order valence-corrected chi connectivity index (χ2v) is 8.37. The standard InChI is InChI=1S/C23H30N8O3/c1-15-18(8-11-34-15)21(32)31-22(26-13-17-6-4-16(12-24)5-7-17)27-20(28-31)19-14-25-9-10-30(19)23(33)29(2)3/h4-8,11,19,25H,9-10,12-14,24H2,1-3H3,(H,26,27,28). The number of nitrogens with two attached hydrogens (primary N) is 1. The highest BCUT2D eigenvalue weighted by molar-refractivity contribution is 5.97. The van der Waals surface area contributed by atoms with Crippen molar-refractivity contribution in [2.75, 3.05) is 39.0 Å². The fourth-order valence-corrected chi connectivity index (χ4v) is 3.84. The smallest absolute Gasteiger partial charge is 0.320 e. The van der Waals surface area contributed by atoms with Gasteiger partial charge in [0.1, 0.15) is 11.8 Å². The lowest BCUT2D eigenvalue weighted by atomic mass is 10.1. The molecule has 0 aliphatic carbocycles. The first-order chi connectivity index (χ1) is 16.4. The molecule has 3 aromatic rings. The monoisotopic (exact) mass is 466 g/mol. The summed E-state index contributed by atoms with van der Waals surface area (Å²) < 4.78 is 6.56. The van der Waals surface area contributed by atoms with Crippen molar-refractivity contribution in [3.8, 4) is 0 Å². The summed E-state index contributed by atoms with van der Waals surface area (Å²) in [6, 6.07) is 8.94. The second kappa shape index (κ2) is 10.1. The van der Waals surface area contributed by atoms with Crippen molar-refractivity contribution >= 4 is 17.9 Å². The van der Waals surface area contributed by atoms with Gasteiger partial charge in [-0.05, 0) is 24.1 Å². The van der Waals surface area contributed by atoms with E-state index in [1.54, 1.807) is 32.0 Å². The number of nitrogens with zero attached hydrogens (tertiary/aromatic N) is 5. The number of hydrogen-bond donors (Lipinski definition) is 3. The van der Waals surface area contributed by atoms with Gasteiger partial charge < -0.3 is 30.6 Å². The van der Waals surface area contributed by atoms with E-state index >= 15 is 0 Å². The minimum absolute atomic E-state index is 0.130. The minimum atomic E-state index is -0.410. The maximum absolute atomic E-state index is 13.3. The van der Waals surface area contributed by atoms with E-state index in [0.717, 1.165) is 11.1 Å². The van der Waals surface area contributed by atoms with Crippen LogP contribution in [0.2, 0.25) is 0 Å². The van der Waals surface area contributed by atoms with E-state index < -0.39 is 6.04 Å². The molecule has 11 heteroatoms. The Kier molecular flexibility index (Phi) is 6.94. The number of aromatic nitrogens is 3. The zero-order valence-corrected chi connectivity index (χ0v) is 19.6. The van der Waals surface area contributed by atoms with Crippen LogP contribution in [0.4, 0.5) is 10.7 Å². The molecule has 2 aromatic heterocycles. The third-order valence-corrected chi connectivity index (χ3v) is 5.78. The van der Waals surface area contributed by atoms with Gasteiger partial charge in [-0.1, -0.05) is 24.3 Å². The lowest BCUT2D eigenvalue weighted by Crippen LogP contribution is -2.52. The predicted molar refractivity (Wildman–Crippen MR) is 126 cm³/mol. The SMILES string of the molecule is Cc1occc1C(=O)n1nc(C2CNCCN2C(=O)N(C)C)nc1NCc1ccc(CN)cc1. The first-order valence-corrected chi connectivity index (χ1v) is 11.1. The molecule has 11 nitrogen and oxygen atoms in total. The van der Waals surface area contributed by atoms with Gasteiger partial charge in [0.2, 0.25) is 5.95 Å². The number of benzene rings is 1. The molecule has 1 aromatic carbocycles. The zero-order chi connectivity index (χ0) is 24.2. The summed E-state index contributed by atoms with van der Waals surface area (Å²) >= 11 is 0. The fourth-order valence-electron chi connectivity index (χ4n) is 3.84. The second-order valence-electron chi connectivity index (χ2n) is 8.37. The Balaban J connectivity index is 1.66. The first kappa shape index (κ1) is 23.5. The Bertz CT molecular complexity index is 1150. The van der Waals surface area contributed by atoms with Crippen LogP contribution in [0.25, 0.3) is 0 Å². The normalized spacial score (nSPS) is 15.9. The van der Waals surface area contributed by atoms with E-state index in [9.17, 15) is 9.59 Å². The highest BCUT2D eigenvalue weighted by atomic mass is 16.3. The maximum atomic E-state index is 13.3. The molecule has 1 atom stereocenters. The highest BCUT2D eigenvalue weighted by Gasteiger charge is 2.33. The Morgan fingerprint density at radius 1 is 1.24 bits per heavy atom. The van der Waals surface area contributed by atoms with Crippen molar-refractivity contribution in [2.24, 2.45) is 5.73 Å². The molecule has 180 valence electrons. The molecule has 1 aliphatic rings. The summed E-state index contributed by atoms with van der Waals surface area (Å²) in [5, 5.41) is 11.1. The average molecular weight is 467 g/mol. The van der Waals surface area contributed by atoms with Crippen LogP contribution in [0.1, 0.15) is 39.1 Å². The van der Waals surface area contributed by atoms with Gasteiger partial charge in [-0.25, -0.2) is 4.79 Å². The zero-order valence-electron chi connectivity index (χ0n) is 19.6. The molecular weight excluding hydrogens is 436 g/mol. The molecule has 0 spiro atoms. The van der Waals surface area contributed by atoms with Gasteiger partial charge in [-0.15, -0.1) is 5.10 Å². The average Bonchev–Trinajstić information content (AvgIpc) is 3.48. The number of carbonyl (C=O) groups excluding carboxylic acids is 2. The van der Waals surface area contributed by atoms with Gasteiger partial charge in [0.05, 0.1) is 11.8 Å². The van der Waals surface area contributed by atoms with Crippen LogP contribution >= 0.6 is 0 Å². The topological polar surface area (TPSA) is 135 Å². The van der Waals surface area contributed by atoms with Crippen molar-refractivity contribution in [1.29, 1.82) is 0 Å². The van der Waals surface area contributed by atoms with Crippen LogP contribution < -0.4 is 16.4 Å². The number of carbonyl (C=O) groups is 2. The molecule has 4 N–H and O–H groups in total. The molecule has 4 rings (SSSR count). The number of anilines is 1. The number of aryl methyl sites for hydroxylation is 1. The number of rotatable bonds is 6. The van der Waals surface area contributed by atoms with E-state index in [-0.39, 0.29) is 11.9 Å². The summed E-state index contributed by atoms with van der Waals surface area (Å²) in [6.07, 6.45) is 1.47. The van der Waals surface area contributed by atoms with Crippen LogP contribution in [0.5, 0.6) is 0 Å². The van der Waals surface area contributed by atoms with Crippen molar-refractivity contribution in [1.82, 2.24) is 29.9 Å². The largest absolute Gasteiger partial charge is 0.469 e. The summed E-state index contributed by atoms with van der Waals surface area (Å²) in [6.45, 7) is 4.31. The van der Waals surface area contributed by atoms with E-state index in [1.807, 2.05) is 24.3 Å². The number of piperazine rings is 1. The number of nitrogens with one attached hydrogen (secondary N) is 2. The third-order valence-electron chi connectivity index (χ3n) is 5.78. The van der Waals surface area contributed by atoms with Crippen molar-refractivity contribution in [2.45, 2.75) is 26.1 Å². The van der Waals surface area contributed by atoms with E-state index in [0.29, 0.717) is 55.8 Å². The van der Waals surface area contributed by atoms with Gasteiger partial charge >= 0.3 is 6.03 Å². The van der Waals surface area contributed by atoms with Crippen LogP contribution in [-0.4, -0.2) is 70.2 Å². The molecule has 0 saturated carbocycles. The lowest BCUT2D eigenvalue weighted by molar-refractivity contribution is 0.0943. The highest BCUT2D eigenvalue weighted by Crippen LogP contribution is 2.23. The Hall–Kier alpha value is -3.70. The van der Waals surface area contributed by atoms with Crippen LogP contribution in [0, 0.1) is 6.92 Å². The van der Waals surface area contributed by atoms with Crippen molar-refractivity contribution < 1.29 is 14.0 Å². The number of urea groups is 1.